The van der Waals surface area contributed by atoms with Gasteiger partial charge in [-0.1, -0.05) is 75.4 Å². The highest BCUT2D eigenvalue weighted by Gasteiger charge is 2.34. The van der Waals surface area contributed by atoms with Gasteiger partial charge in [0.1, 0.15) is 10.8 Å². The molecule has 2 amide bonds. The number of carbonyl (C=O) groups excluding carboxylic acids is 2. The molecule has 4 nitrogen and oxygen atoms in total. The fourth-order valence-corrected chi connectivity index (χ4v) is 5.16. The van der Waals surface area contributed by atoms with Crippen LogP contribution in [-0.2, 0) is 15.0 Å². The summed E-state index contributed by atoms with van der Waals surface area (Å²) >= 11 is 7.93. The van der Waals surface area contributed by atoms with Gasteiger partial charge in [-0.3, -0.25) is 14.5 Å². The fraction of sp³-hybridized carbons (Fsp3) is 0.259. The van der Waals surface area contributed by atoms with Gasteiger partial charge in [0.15, 0.2) is 0 Å². The summed E-state index contributed by atoms with van der Waals surface area (Å²) < 4.78 is 0. The number of amides is 2. The Hall–Kier alpha value is -2.76. The average molecular weight is 479 g/mol. The first-order valence-corrected chi connectivity index (χ1v) is 12.4. The number of thioether (sulfide) groups is 1. The van der Waals surface area contributed by atoms with Crippen molar-refractivity contribution in [3.63, 3.8) is 0 Å². The highest BCUT2D eigenvalue weighted by atomic mass is 35.5. The van der Waals surface area contributed by atoms with Crippen molar-refractivity contribution in [2.24, 2.45) is 0 Å². The van der Waals surface area contributed by atoms with E-state index in [2.05, 4.69) is 38.2 Å². The Bertz CT molecular complexity index is 1130. The molecule has 1 aliphatic rings. The molecule has 170 valence electrons. The van der Waals surface area contributed by atoms with Crippen LogP contribution in [0.4, 0.5) is 11.4 Å². The number of carbonyl (C=O) groups is 2. The van der Waals surface area contributed by atoms with Crippen LogP contribution in [0.15, 0.2) is 78.9 Å². The van der Waals surface area contributed by atoms with Crippen LogP contribution >= 0.6 is 23.4 Å². The number of alkyl halides is 1. The number of halogens is 1. The third-order valence-electron chi connectivity index (χ3n) is 5.67. The largest absolute Gasteiger partial charge is 0.325 e. The summed E-state index contributed by atoms with van der Waals surface area (Å²) in [6.45, 7) is 6.52. The standard InChI is InChI=1S/C27H27ClN2O2S/c1-27(2,3)20-11-15-22(16-12-20)30-23(31)17-33-26(30)19-9-13-21(14-10-19)29-25(32)24(28)18-7-5-4-6-8-18/h4-16,24,26H,17H2,1-3H3,(H,29,32)/t24-,26+/m0/s1. The summed E-state index contributed by atoms with van der Waals surface area (Å²) in [5.41, 5.74) is 4.62. The van der Waals surface area contributed by atoms with Gasteiger partial charge in [0.05, 0.1) is 5.75 Å². The van der Waals surface area contributed by atoms with Crippen molar-refractivity contribution in [1.82, 2.24) is 0 Å². The van der Waals surface area contributed by atoms with Gasteiger partial charge in [0, 0.05) is 11.4 Å². The molecule has 0 unspecified atom stereocenters. The molecule has 1 fully saturated rings. The minimum Gasteiger partial charge on any atom is -0.325 e. The van der Waals surface area contributed by atoms with Gasteiger partial charge in [-0.05, 0) is 46.4 Å². The predicted octanol–water partition coefficient (Wildman–Crippen LogP) is 6.68. The van der Waals surface area contributed by atoms with E-state index in [1.807, 2.05) is 71.6 Å². The first kappa shape index (κ1) is 23.4. The van der Waals surface area contributed by atoms with Gasteiger partial charge in [-0.2, -0.15) is 0 Å². The van der Waals surface area contributed by atoms with E-state index in [1.54, 1.807) is 11.8 Å². The summed E-state index contributed by atoms with van der Waals surface area (Å²) in [4.78, 5) is 27.1. The summed E-state index contributed by atoms with van der Waals surface area (Å²) in [7, 11) is 0. The fourth-order valence-electron chi connectivity index (χ4n) is 3.78. The molecule has 6 heteroatoms. The number of hydrogen-bond donors (Lipinski definition) is 1. The average Bonchev–Trinajstić information content (AvgIpc) is 3.20. The number of hydrogen-bond acceptors (Lipinski definition) is 3. The lowest BCUT2D eigenvalue weighted by atomic mass is 9.87. The van der Waals surface area contributed by atoms with Gasteiger partial charge >= 0.3 is 0 Å². The zero-order chi connectivity index (χ0) is 23.6. The maximum absolute atomic E-state index is 12.7. The van der Waals surface area contributed by atoms with E-state index in [1.165, 1.54) is 5.56 Å². The van der Waals surface area contributed by atoms with Gasteiger partial charge in [-0.25, -0.2) is 0 Å². The summed E-state index contributed by atoms with van der Waals surface area (Å²) in [6, 6.07) is 25.1. The Morgan fingerprint density at radius 2 is 1.64 bits per heavy atom. The van der Waals surface area contributed by atoms with Crippen molar-refractivity contribution in [1.29, 1.82) is 0 Å². The summed E-state index contributed by atoms with van der Waals surface area (Å²) in [5, 5.41) is 2.00. The number of benzene rings is 3. The molecule has 2 atom stereocenters. The van der Waals surface area contributed by atoms with E-state index in [4.69, 9.17) is 11.6 Å². The molecular weight excluding hydrogens is 452 g/mol. The maximum Gasteiger partial charge on any atom is 0.246 e. The van der Waals surface area contributed by atoms with Crippen molar-refractivity contribution >= 4 is 46.6 Å². The second-order valence-corrected chi connectivity index (χ2v) is 10.6. The first-order valence-electron chi connectivity index (χ1n) is 10.9. The maximum atomic E-state index is 12.7. The van der Waals surface area contributed by atoms with Gasteiger partial charge in [0.25, 0.3) is 0 Å². The molecule has 3 aromatic carbocycles. The number of rotatable bonds is 5. The van der Waals surface area contributed by atoms with Crippen molar-refractivity contribution in [3.05, 3.63) is 95.6 Å². The minimum absolute atomic E-state index is 0.0600. The van der Waals surface area contributed by atoms with Crippen LogP contribution in [0.2, 0.25) is 0 Å². The Morgan fingerprint density at radius 3 is 2.24 bits per heavy atom. The Balaban J connectivity index is 1.48. The zero-order valence-electron chi connectivity index (χ0n) is 18.9. The lowest BCUT2D eigenvalue weighted by Gasteiger charge is -2.26. The molecule has 0 saturated carbocycles. The van der Waals surface area contributed by atoms with Gasteiger partial charge < -0.3 is 5.32 Å². The Kier molecular flexibility index (Phi) is 6.82. The van der Waals surface area contributed by atoms with Crippen molar-refractivity contribution < 1.29 is 9.59 Å². The smallest absolute Gasteiger partial charge is 0.246 e. The summed E-state index contributed by atoms with van der Waals surface area (Å²) in [5.74, 6) is 0.259. The SMILES string of the molecule is CC(C)(C)c1ccc(N2C(=O)CS[C@@H]2c2ccc(NC(=O)[C@@H](Cl)c3ccccc3)cc2)cc1. The van der Waals surface area contributed by atoms with Crippen molar-refractivity contribution in [2.45, 2.75) is 36.9 Å². The van der Waals surface area contributed by atoms with Crippen LogP contribution in [0.1, 0.15) is 48.2 Å². The van der Waals surface area contributed by atoms with Gasteiger partial charge in [0.2, 0.25) is 11.8 Å². The molecule has 3 aromatic rings. The zero-order valence-corrected chi connectivity index (χ0v) is 20.5. The molecular formula is C27H27ClN2O2S. The van der Waals surface area contributed by atoms with Gasteiger partial charge in [-0.15, -0.1) is 23.4 Å². The van der Waals surface area contributed by atoms with E-state index in [0.29, 0.717) is 11.4 Å². The quantitative estimate of drug-likeness (QED) is 0.416. The lowest BCUT2D eigenvalue weighted by Crippen LogP contribution is -2.28. The minimum atomic E-state index is -0.763. The number of anilines is 2. The molecule has 0 spiro atoms. The van der Waals surface area contributed by atoms with E-state index >= 15 is 0 Å². The highest BCUT2D eigenvalue weighted by molar-refractivity contribution is 8.00. The normalized spacial score (nSPS) is 17.2. The van der Waals surface area contributed by atoms with Crippen LogP contribution in [0.25, 0.3) is 0 Å². The topological polar surface area (TPSA) is 49.4 Å². The number of nitrogens with one attached hydrogen (secondary N) is 1. The van der Waals surface area contributed by atoms with Crippen LogP contribution in [0.5, 0.6) is 0 Å². The van der Waals surface area contributed by atoms with Crippen molar-refractivity contribution in [3.8, 4) is 0 Å². The second-order valence-electron chi connectivity index (χ2n) is 9.11. The molecule has 1 N–H and O–H groups in total. The summed E-state index contributed by atoms with van der Waals surface area (Å²) in [6.07, 6.45) is 0. The molecule has 1 saturated heterocycles. The third kappa shape index (κ3) is 5.26. The Labute approximate surface area is 204 Å². The molecule has 0 bridgehead atoms. The third-order valence-corrected chi connectivity index (χ3v) is 7.33. The predicted molar refractivity (Wildman–Crippen MR) is 138 cm³/mol. The van der Waals surface area contributed by atoms with E-state index < -0.39 is 5.38 Å². The number of nitrogens with zero attached hydrogens (tertiary/aromatic N) is 1. The lowest BCUT2D eigenvalue weighted by molar-refractivity contribution is -0.116. The van der Waals surface area contributed by atoms with E-state index in [9.17, 15) is 9.59 Å². The molecule has 0 radical (unpaired) electrons. The molecule has 1 aliphatic heterocycles. The van der Waals surface area contributed by atoms with Crippen LogP contribution < -0.4 is 10.2 Å². The molecule has 0 aromatic heterocycles. The van der Waals surface area contributed by atoms with E-state index in [-0.39, 0.29) is 22.6 Å². The van der Waals surface area contributed by atoms with Crippen LogP contribution in [-0.4, -0.2) is 17.6 Å². The highest BCUT2D eigenvalue weighted by Crippen LogP contribution is 2.42. The molecule has 0 aliphatic carbocycles. The second kappa shape index (κ2) is 9.62. The van der Waals surface area contributed by atoms with Crippen LogP contribution in [0, 0.1) is 0 Å². The molecule has 33 heavy (non-hydrogen) atoms. The van der Waals surface area contributed by atoms with Crippen LogP contribution in [0.3, 0.4) is 0 Å². The molecule has 1 heterocycles. The van der Waals surface area contributed by atoms with E-state index in [0.717, 1.165) is 16.8 Å². The Morgan fingerprint density at radius 1 is 1.00 bits per heavy atom. The van der Waals surface area contributed by atoms with Crippen molar-refractivity contribution in [2.75, 3.05) is 16.0 Å². The first-order chi connectivity index (χ1) is 15.7. The molecule has 4 rings (SSSR count). The monoisotopic (exact) mass is 478 g/mol.